The Labute approximate surface area is 104 Å². The van der Waals surface area contributed by atoms with Crippen LogP contribution in [0.3, 0.4) is 0 Å². The van der Waals surface area contributed by atoms with Crippen LogP contribution in [0.2, 0.25) is 0 Å². The van der Waals surface area contributed by atoms with E-state index >= 15 is 0 Å². The number of fused-ring (bicyclic) bond motifs is 3. The summed E-state index contributed by atoms with van der Waals surface area (Å²) >= 11 is 0. The largest absolute Gasteiger partial charge is 0.369 e. The Hall–Kier alpha value is -2.30. The molecule has 5 nitrogen and oxygen atoms in total. The third-order valence-corrected chi connectivity index (χ3v) is 3.11. The van der Waals surface area contributed by atoms with E-state index in [4.69, 9.17) is 0 Å². The lowest BCUT2D eigenvalue weighted by Gasteiger charge is -2.05. The zero-order valence-electron chi connectivity index (χ0n) is 9.94. The molecule has 0 saturated heterocycles. The summed E-state index contributed by atoms with van der Waals surface area (Å²) in [5.74, 6) is 0.822. The van der Waals surface area contributed by atoms with Crippen LogP contribution in [-0.4, -0.2) is 21.3 Å². The van der Waals surface area contributed by atoms with Crippen molar-refractivity contribution in [2.75, 3.05) is 11.9 Å². The molecule has 5 heteroatoms. The van der Waals surface area contributed by atoms with Crippen molar-refractivity contribution in [3.8, 4) is 11.3 Å². The number of rotatable bonds is 2. The Morgan fingerprint density at radius 2 is 2.44 bits per heavy atom. The van der Waals surface area contributed by atoms with Crippen LogP contribution in [0.5, 0.6) is 0 Å². The minimum Gasteiger partial charge on any atom is -0.369 e. The van der Waals surface area contributed by atoms with Crippen LogP contribution in [0.25, 0.3) is 11.3 Å². The van der Waals surface area contributed by atoms with E-state index < -0.39 is 0 Å². The van der Waals surface area contributed by atoms with E-state index in [2.05, 4.69) is 22.0 Å². The molecular formula is C13H14N4O. The van der Waals surface area contributed by atoms with Crippen LogP contribution < -0.4 is 10.9 Å². The molecule has 0 fully saturated rings. The average molecular weight is 242 g/mol. The van der Waals surface area contributed by atoms with Crippen molar-refractivity contribution in [1.29, 1.82) is 0 Å². The zero-order chi connectivity index (χ0) is 12.5. The van der Waals surface area contributed by atoms with Crippen LogP contribution in [0.1, 0.15) is 5.56 Å². The number of allylic oxidation sites excluding steroid dienone is 1. The van der Waals surface area contributed by atoms with Gasteiger partial charge in [0.1, 0.15) is 5.82 Å². The summed E-state index contributed by atoms with van der Waals surface area (Å²) < 4.78 is 1.58. The van der Waals surface area contributed by atoms with E-state index in [9.17, 15) is 4.79 Å². The van der Waals surface area contributed by atoms with Gasteiger partial charge in [0.2, 0.25) is 0 Å². The molecule has 0 bridgehead atoms. The fourth-order valence-electron chi connectivity index (χ4n) is 2.29. The molecule has 0 unspecified atom stereocenters. The Kier molecular flexibility index (Phi) is 2.51. The van der Waals surface area contributed by atoms with E-state index in [1.165, 1.54) is 0 Å². The summed E-state index contributed by atoms with van der Waals surface area (Å²) in [6.07, 6.45) is 4.15. The van der Waals surface area contributed by atoms with E-state index in [0.29, 0.717) is 13.0 Å². The molecule has 2 aromatic heterocycles. The quantitative estimate of drug-likeness (QED) is 0.782. The van der Waals surface area contributed by atoms with Gasteiger partial charge in [-0.3, -0.25) is 9.89 Å². The topological polar surface area (TPSA) is 62.7 Å². The molecule has 92 valence electrons. The molecular weight excluding hydrogens is 228 g/mol. The second kappa shape index (κ2) is 4.18. The molecule has 0 amide bonds. The second-order valence-corrected chi connectivity index (χ2v) is 4.25. The highest BCUT2D eigenvalue weighted by Gasteiger charge is 2.20. The van der Waals surface area contributed by atoms with Gasteiger partial charge in [0, 0.05) is 23.9 Å². The van der Waals surface area contributed by atoms with Gasteiger partial charge in [-0.05, 0) is 18.6 Å². The summed E-state index contributed by atoms with van der Waals surface area (Å²) in [6.45, 7) is 4.88. The van der Waals surface area contributed by atoms with Crippen molar-refractivity contribution in [3.05, 3.63) is 46.9 Å². The number of aromatic nitrogens is 3. The van der Waals surface area contributed by atoms with E-state index in [1.54, 1.807) is 17.0 Å². The molecule has 3 rings (SSSR count). The van der Waals surface area contributed by atoms with Crippen molar-refractivity contribution in [1.82, 2.24) is 14.8 Å². The Morgan fingerprint density at radius 1 is 1.56 bits per heavy atom. The number of aromatic amines is 1. The third kappa shape index (κ3) is 1.55. The Balaban J connectivity index is 2.24. The standard InChI is InChI=1S/C13H14N4O/c1-2-8-17-13(18)10-5-7-15-12-9(11(10)16-17)4-3-6-14-12/h2-4,6,16H,1,5,7-8H2,(H,14,15). The lowest BCUT2D eigenvalue weighted by molar-refractivity contribution is 0.678. The number of hydrogen-bond donors (Lipinski definition) is 2. The predicted molar refractivity (Wildman–Crippen MR) is 70.7 cm³/mol. The summed E-state index contributed by atoms with van der Waals surface area (Å²) in [5.41, 5.74) is 2.67. The van der Waals surface area contributed by atoms with Crippen LogP contribution in [0.4, 0.5) is 5.82 Å². The Morgan fingerprint density at radius 3 is 3.28 bits per heavy atom. The first-order chi connectivity index (χ1) is 8.81. The Bertz CT molecular complexity index is 653. The maximum Gasteiger partial charge on any atom is 0.270 e. The number of anilines is 1. The van der Waals surface area contributed by atoms with Gasteiger partial charge in [-0.2, -0.15) is 0 Å². The lowest BCUT2D eigenvalue weighted by Crippen LogP contribution is -2.19. The van der Waals surface area contributed by atoms with Crippen LogP contribution >= 0.6 is 0 Å². The van der Waals surface area contributed by atoms with Crippen molar-refractivity contribution in [2.24, 2.45) is 0 Å². The molecule has 1 aliphatic heterocycles. The minimum atomic E-state index is 0.0309. The van der Waals surface area contributed by atoms with Gasteiger partial charge in [-0.1, -0.05) is 6.08 Å². The molecule has 0 atom stereocenters. The van der Waals surface area contributed by atoms with Crippen molar-refractivity contribution in [3.63, 3.8) is 0 Å². The number of nitrogens with one attached hydrogen (secondary N) is 2. The lowest BCUT2D eigenvalue weighted by atomic mass is 10.1. The fourth-order valence-corrected chi connectivity index (χ4v) is 2.29. The predicted octanol–water partition coefficient (Wildman–Crippen LogP) is 1.39. The first-order valence-corrected chi connectivity index (χ1v) is 5.93. The molecule has 18 heavy (non-hydrogen) atoms. The molecule has 1 aliphatic rings. The number of hydrogen-bond acceptors (Lipinski definition) is 3. The minimum absolute atomic E-state index is 0.0309. The maximum atomic E-state index is 12.2. The first-order valence-electron chi connectivity index (χ1n) is 5.93. The molecule has 3 heterocycles. The van der Waals surface area contributed by atoms with Crippen LogP contribution in [0, 0.1) is 0 Å². The number of H-pyrrole nitrogens is 1. The smallest absolute Gasteiger partial charge is 0.270 e. The average Bonchev–Trinajstić information content (AvgIpc) is 2.60. The van der Waals surface area contributed by atoms with Gasteiger partial charge in [0.05, 0.1) is 12.2 Å². The SMILES string of the molecule is C=CCn1[nH]c2c(c1=O)CCNc1ncccc1-2. The normalized spacial score (nSPS) is 13.1. The number of pyridine rings is 1. The van der Waals surface area contributed by atoms with Crippen molar-refractivity contribution < 1.29 is 0 Å². The molecule has 0 aromatic carbocycles. The highest BCUT2D eigenvalue weighted by Crippen LogP contribution is 2.28. The van der Waals surface area contributed by atoms with E-state index in [-0.39, 0.29) is 5.56 Å². The fraction of sp³-hybridized carbons (Fsp3) is 0.231. The van der Waals surface area contributed by atoms with E-state index in [0.717, 1.165) is 29.2 Å². The van der Waals surface area contributed by atoms with Crippen LogP contribution in [0.15, 0.2) is 35.8 Å². The monoisotopic (exact) mass is 242 g/mol. The first kappa shape index (κ1) is 10.8. The molecule has 2 N–H and O–H groups in total. The maximum absolute atomic E-state index is 12.2. The summed E-state index contributed by atoms with van der Waals surface area (Å²) in [6, 6.07) is 3.84. The molecule has 0 aliphatic carbocycles. The molecule has 0 saturated carbocycles. The number of nitrogens with zero attached hydrogens (tertiary/aromatic N) is 2. The summed E-state index contributed by atoms with van der Waals surface area (Å²) in [7, 11) is 0. The van der Waals surface area contributed by atoms with Gasteiger partial charge in [-0.25, -0.2) is 9.67 Å². The molecule has 0 radical (unpaired) electrons. The van der Waals surface area contributed by atoms with Crippen LogP contribution in [-0.2, 0) is 13.0 Å². The molecule has 2 aromatic rings. The summed E-state index contributed by atoms with van der Waals surface area (Å²) in [4.78, 5) is 16.5. The van der Waals surface area contributed by atoms with Crippen molar-refractivity contribution >= 4 is 5.82 Å². The van der Waals surface area contributed by atoms with E-state index in [1.807, 2.05) is 12.1 Å². The molecule has 0 spiro atoms. The second-order valence-electron chi connectivity index (χ2n) is 4.25. The van der Waals surface area contributed by atoms with Gasteiger partial charge in [0.25, 0.3) is 5.56 Å². The highest BCUT2D eigenvalue weighted by atomic mass is 16.1. The van der Waals surface area contributed by atoms with Crippen molar-refractivity contribution in [2.45, 2.75) is 13.0 Å². The van der Waals surface area contributed by atoms with Gasteiger partial charge in [-0.15, -0.1) is 6.58 Å². The van der Waals surface area contributed by atoms with Gasteiger partial charge < -0.3 is 5.32 Å². The third-order valence-electron chi connectivity index (χ3n) is 3.11. The highest BCUT2D eigenvalue weighted by molar-refractivity contribution is 5.75. The van der Waals surface area contributed by atoms with Gasteiger partial charge >= 0.3 is 0 Å². The van der Waals surface area contributed by atoms with Gasteiger partial charge in [0.15, 0.2) is 0 Å². The zero-order valence-corrected chi connectivity index (χ0v) is 9.94. The summed E-state index contributed by atoms with van der Waals surface area (Å²) in [5, 5.41) is 6.39.